The summed E-state index contributed by atoms with van der Waals surface area (Å²) in [6.07, 6.45) is -4.59. The second-order valence-corrected chi connectivity index (χ2v) is 18.4. The van der Waals surface area contributed by atoms with Crippen molar-refractivity contribution in [1.82, 2.24) is 0 Å². The lowest BCUT2D eigenvalue weighted by atomic mass is 9.85. The molecule has 0 radical (unpaired) electrons. The van der Waals surface area contributed by atoms with Crippen molar-refractivity contribution in [3.05, 3.63) is 0 Å². The lowest BCUT2D eigenvalue weighted by Gasteiger charge is -2.46. The second-order valence-electron chi connectivity index (χ2n) is 18.4. The molecule has 59 heavy (non-hydrogen) atoms. The largest absolute Gasteiger partial charge is 0.462 e. The molecule has 2 aliphatic carbocycles. The number of aliphatic hydroxyl groups excluding tert-OH is 1. The molecule has 5 aliphatic heterocycles. The van der Waals surface area contributed by atoms with E-state index < -0.39 is 73.6 Å². The Bertz CT molecular complexity index is 1390. The van der Waals surface area contributed by atoms with Crippen molar-refractivity contribution in [3.63, 3.8) is 0 Å². The minimum absolute atomic E-state index is 0.0233. The third-order valence-corrected chi connectivity index (χ3v) is 14.5. The standard InChI is InChI=1S/C43H70O16/c1-20-10-26(20)33-14-24-12-29(58-42-40(50-8)38(48-6)28(44)18-52-42)22(3)31(54-24)16-36(45)57-34(27-11-21(27)2)15-25-13-30(23(4)32(55-25)17-37(46)56-33)59-43-41(51-9)39(49-7)35(47-5)19-53-43/h20-35,38-44H,10-19H2,1-9H3/t20-,21-,22+,23+,24-,25-,26-,27-,28+,29-,30-,31-,32-,33-,34-,35+,38-,39-,40+,41+,42-,43-/m0/s1. The van der Waals surface area contributed by atoms with E-state index >= 15 is 0 Å². The maximum absolute atomic E-state index is 14.1. The van der Waals surface area contributed by atoms with Crippen LogP contribution in [0.1, 0.15) is 79.1 Å². The van der Waals surface area contributed by atoms with Crippen LogP contribution in [0.25, 0.3) is 0 Å². The number of hydrogen-bond acceptors (Lipinski definition) is 16. The van der Waals surface area contributed by atoms with E-state index in [1.165, 1.54) is 14.2 Å². The Hall–Kier alpha value is -1.54. The van der Waals surface area contributed by atoms with Crippen LogP contribution in [0.15, 0.2) is 0 Å². The first-order valence-corrected chi connectivity index (χ1v) is 21.9. The molecule has 0 aromatic carbocycles. The molecule has 1 N–H and O–H groups in total. The highest BCUT2D eigenvalue weighted by Crippen LogP contribution is 2.47. The van der Waals surface area contributed by atoms with Gasteiger partial charge in [0.2, 0.25) is 0 Å². The molecule has 0 amide bonds. The SMILES string of the molecule is CO[C@@H]1[C@@H](OC)[C@H](O[C@H]2C[C@H]3C[C@@H]([C@H]4C[C@@H]4C)OC(=O)C[C@@H]4O[C@@H](C[C@H](O[C@@H]5OC[C@@H](OC)[C@H](OC)[C@H]5OC)[C@H]4C)C[C@@H]([C@H]4C[C@@H]4C)OC(=O)C[C@H](O3)[C@@H]2C)OC[C@H]1O. The zero-order valence-corrected chi connectivity index (χ0v) is 36.3. The van der Waals surface area contributed by atoms with Gasteiger partial charge in [-0.3, -0.25) is 9.59 Å². The number of fused-ring (bicyclic) bond motifs is 4. The molecule has 2 saturated carbocycles. The normalized spacial score (nSPS) is 49.7. The molecule has 0 aromatic heterocycles. The van der Waals surface area contributed by atoms with E-state index in [1.54, 1.807) is 21.3 Å². The van der Waals surface area contributed by atoms with Gasteiger partial charge in [-0.05, 0) is 36.5 Å². The average Bonchev–Trinajstić information content (AvgIpc) is 4.14. The maximum atomic E-state index is 14.1. The fourth-order valence-electron chi connectivity index (χ4n) is 10.4. The number of aliphatic hydroxyl groups is 1. The Morgan fingerprint density at radius 3 is 1.34 bits per heavy atom. The predicted octanol–water partition coefficient (Wildman–Crippen LogP) is 3.20. The number of carbonyl (C=O) groups excluding carboxylic acids is 2. The number of esters is 2. The number of ether oxygens (including phenoxy) is 13. The van der Waals surface area contributed by atoms with Gasteiger partial charge in [-0.1, -0.05) is 27.7 Å². The van der Waals surface area contributed by atoms with Gasteiger partial charge in [-0.25, -0.2) is 0 Å². The first kappa shape index (κ1) is 45.5. The zero-order valence-electron chi connectivity index (χ0n) is 36.3. The van der Waals surface area contributed by atoms with Crippen LogP contribution in [0.2, 0.25) is 0 Å². The molecule has 22 atom stereocenters. The van der Waals surface area contributed by atoms with E-state index in [4.69, 9.17) is 61.6 Å². The topological polar surface area (TPSA) is 174 Å². The summed E-state index contributed by atoms with van der Waals surface area (Å²) >= 11 is 0. The maximum Gasteiger partial charge on any atom is 0.308 e. The smallest absolute Gasteiger partial charge is 0.308 e. The second kappa shape index (κ2) is 19.9. The highest BCUT2D eigenvalue weighted by molar-refractivity contribution is 5.71. The number of rotatable bonds is 11. The van der Waals surface area contributed by atoms with E-state index in [0.717, 1.165) is 12.8 Å². The molecule has 16 heteroatoms. The van der Waals surface area contributed by atoms with Crippen LogP contribution in [0.4, 0.5) is 0 Å². The van der Waals surface area contributed by atoms with Crippen LogP contribution in [0, 0.1) is 35.5 Å². The fourth-order valence-corrected chi connectivity index (χ4v) is 10.4. The average molecular weight is 843 g/mol. The van der Waals surface area contributed by atoms with Gasteiger partial charge in [-0.15, -0.1) is 0 Å². The molecule has 7 fully saturated rings. The van der Waals surface area contributed by atoms with Gasteiger partial charge >= 0.3 is 11.9 Å². The van der Waals surface area contributed by atoms with Crippen LogP contribution in [-0.2, 0) is 71.2 Å². The Labute approximate surface area is 349 Å². The minimum atomic E-state index is -0.870. The van der Waals surface area contributed by atoms with E-state index in [2.05, 4.69) is 13.8 Å². The summed E-state index contributed by atoms with van der Waals surface area (Å²) in [5, 5.41) is 10.5. The van der Waals surface area contributed by atoms with Crippen LogP contribution >= 0.6 is 0 Å². The summed E-state index contributed by atoms with van der Waals surface area (Å²) in [6, 6.07) is 0. The van der Waals surface area contributed by atoms with Gasteiger partial charge < -0.3 is 66.7 Å². The summed E-state index contributed by atoms with van der Waals surface area (Å²) in [7, 11) is 7.90. The van der Waals surface area contributed by atoms with Gasteiger partial charge in [-0.2, -0.15) is 0 Å². The molecular formula is C43H70O16. The number of methoxy groups -OCH3 is 5. The van der Waals surface area contributed by atoms with Gasteiger partial charge in [0.05, 0.1) is 62.7 Å². The van der Waals surface area contributed by atoms with E-state index in [9.17, 15) is 14.7 Å². The zero-order chi connectivity index (χ0) is 42.1. The Morgan fingerprint density at radius 1 is 0.508 bits per heavy atom. The quantitative estimate of drug-likeness (QED) is 0.300. The van der Waals surface area contributed by atoms with Gasteiger partial charge in [0.25, 0.3) is 0 Å². The first-order chi connectivity index (χ1) is 28.3. The van der Waals surface area contributed by atoms with Crippen molar-refractivity contribution >= 4 is 11.9 Å². The van der Waals surface area contributed by atoms with Crippen molar-refractivity contribution in [2.45, 2.75) is 177 Å². The van der Waals surface area contributed by atoms with Gasteiger partial charge in [0.15, 0.2) is 12.6 Å². The molecule has 5 heterocycles. The number of hydrogen-bond donors (Lipinski definition) is 1. The molecule has 0 spiro atoms. The van der Waals surface area contributed by atoms with Gasteiger partial charge in [0, 0.05) is 73.1 Å². The minimum Gasteiger partial charge on any atom is -0.462 e. The predicted molar refractivity (Wildman–Crippen MR) is 207 cm³/mol. The van der Waals surface area contributed by atoms with Crippen LogP contribution in [0.5, 0.6) is 0 Å². The molecule has 338 valence electrons. The first-order valence-electron chi connectivity index (χ1n) is 21.9. The molecular weight excluding hydrogens is 772 g/mol. The third-order valence-electron chi connectivity index (χ3n) is 14.5. The van der Waals surface area contributed by atoms with Crippen molar-refractivity contribution in [2.24, 2.45) is 35.5 Å². The van der Waals surface area contributed by atoms with E-state index in [1.807, 2.05) is 13.8 Å². The van der Waals surface area contributed by atoms with Gasteiger partial charge in [0.1, 0.15) is 48.8 Å². The van der Waals surface area contributed by atoms with E-state index in [0.29, 0.717) is 37.5 Å². The van der Waals surface area contributed by atoms with Crippen molar-refractivity contribution in [1.29, 1.82) is 0 Å². The summed E-state index contributed by atoms with van der Waals surface area (Å²) in [5.74, 6) is 0.0298. The number of carbonyl (C=O) groups is 2. The number of cyclic esters (lactones) is 2. The third kappa shape index (κ3) is 10.5. The summed E-state index contributed by atoms with van der Waals surface area (Å²) in [4.78, 5) is 28.1. The van der Waals surface area contributed by atoms with Crippen molar-refractivity contribution in [3.8, 4) is 0 Å². The Kier molecular flexibility index (Phi) is 15.3. The lowest BCUT2D eigenvalue weighted by molar-refractivity contribution is -0.309. The molecule has 5 saturated heterocycles. The highest BCUT2D eigenvalue weighted by atomic mass is 16.7. The van der Waals surface area contributed by atoms with Crippen molar-refractivity contribution < 1.29 is 76.3 Å². The molecule has 4 bridgehead atoms. The molecule has 7 rings (SSSR count). The van der Waals surface area contributed by atoms with Crippen LogP contribution in [-0.4, -0.2) is 164 Å². The highest BCUT2D eigenvalue weighted by Gasteiger charge is 2.51. The fraction of sp³-hybridized carbons (Fsp3) is 0.953. The molecule has 7 aliphatic rings. The summed E-state index contributed by atoms with van der Waals surface area (Å²) in [6.45, 7) is 8.67. The Balaban J connectivity index is 1.13. The molecule has 16 nitrogen and oxygen atoms in total. The molecule has 0 unspecified atom stereocenters. The van der Waals surface area contributed by atoms with Crippen molar-refractivity contribution in [2.75, 3.05) is 48.8 Å². The molecule has 0 aromatic rings. The monoisotopic (exact) mass is 842 g/mol. The lowest BCUT2D eigenvalue weighted by Crippen LogP contribution is -2.58. The summed E-state index contributed by atoms with van der Waals surface area (Å²) in [5.41, 5.74) is 0. The summed E-state index contributed by atoms with van der Waals surface area (Å²) < 4.78 is 80.5. The van der Waals surface area contributed by atoms with Crippen LogP contribution in [0.3, 0.4) is 0 Å². The Morgan fingerprint density at radius 2 is 0.932 bits per heavy atom. The van der Waals surface area contributed by atoms with E-state index in [-0.39, 0.29) is 86.1 Å². The van der Waals surface area contributed by atoms with Crippen LogP contribution < -0.4 is 0 Å².